The quantitative estimate of drug-likeness (QED) is 0.0933. The van der Waals surface area contributed by atoms with Crippen LogP contribution in [0.2, 0.25) is 0 Å². The highest BCUT2D eigenvalue weighted by molar-refractivity contribution is 5.88. The number of unbranched alkanes of at least 4 members (excludes halogenated alkanes) is 4. The lowest BCUT2D eigenvalue weighted by Crippen LogP contribution is -2.59. The third kappa shape index (κ3) is 11.3. The lowest BCUT2D eigenvalue weighted by atomic mass is 9.97. The number of benzene rings is 2. The van der Waals surface area contributed by atoms with Crippen molar-refractivity contribution in [1.29, 1.82) is 0 Å². The molecule has 0 aliphatic carbocycles. The van der Waals surface area contributed by atoms with Gasteiger partial charge in [0.2, 0.25) is 5.91 Å². The Morgan fingerprint density at radius 2 is 1.61 bits per heavy atom. The first kappa shape index (κ1) is 36.8. The summed E-state index contributed by atoms with van der Waals surface area (Å²) in [5.74, 6) is 0.422. The summed E-state index contributed by atoms with van der Waals surface area (Å²) in [4.78, 5) is 48.7. The molecule has 4 rings (SSSR count). The average Bonchev–Trinajstić information content (AvgIpc) is 3.11. The fraction of sp³-hybridized carbons (Fsp3) is 0.410. The summed E-state index contributed by atoms with van der Waals surface area (Å²) in [5, 5.41) is 2.73. The van der Waals surface area contributed by atoms with Crippen LogP contribution in [-0.4, -0.2) is 72.3 Å². The molecule has 1 atom stereocenters. The number of allylic oxidation sites excluding steroid dienone is 3. The molecule has 1 aliphatic rings. The number of nitrogens with zero attached hydrogens (tertiary/aromatic N) is 3. The van der Waals surface area contributed by atoms with Gasteiger partial charge in [0.25, 0.3) is 0 Å². The second kappa shape index (κ2) is 19.1. The van der Waals surface area contributed by atoms with Gasteiger partial charge < -0.3 is 24.4 Å². The van der Waals surface area contributed by atoms with E-state index in [4.69, 9.17) is 14.2 Å². The maximum atomic E-state index is 13.4. The molecule has 0 radical (unpaired) electrons. The highest BCUT2D eigenvalue weighted by Gasteiger charge is 2.39. The van der Waals surface area contributed by atoms with Gasteiger partial charge in [-0.2, -0.15) is 0 Å². The Labute approximate surface area is 289 Å². The third-order valence-corrected chi connectivity index (χ3v) is 8.33. The molecular formula is C39H48N4O6. The molecule has 0 saturated carbocycles. The van der Waals surface area contributed by atoms with Crippen molar-refractivity contribution in [2.45, 2.75) is 65.3 Å². The molecule has 1 aliphatic heterocycles. The van der Waals surface area contributed by atoms with Crippen LogP contribution in [0, 0.1) is 5.92 Å². The highest BCUT2D eigenvalue weighted by Crippen LogP contribution is 2.24. The highest BCUT2D eigenvalue weighted by atomic mass is 16.5. The molecule has 0 spiro atoms. The van der Waals surface area contributed by atoms with Crippen molar-refractivity contribution in [3.63, 3.8) is 0 Å². The van der Waals surface area contributed by atoms with E-state index in [1.54, 1.807) is 17.3 Å². The standard InChI is InChI=1S/C39H48N4O6/c1-5-7-9-10-11-21-48-34-19-17-30(18-20-34)32-23-40-36(41-24-32)31-15-13-29(14-16-31)22-35(37(44)43-25-33(26-43)38(45)47-4)42-39(46)49-27-28(3)12-8-6-2/h6,8,12-20,23-24,33,35H,5,7,9-11,21-22,25-27H2,1-4H3,(H,42,46)/b8-6-,28-12+. The van der Waals surface area contributed by atoms with Gasteiger partial charge in [0.05, 0.1) is 19.6 Å². The fourth-order valence-electron chi connectivity index (χ4n) is 5.36. The summed E-state index contributed by atoms with van der Waals surface area (Å²) in [7, 11) is 1.33. The molecule has 2 amide bonds. The molecule has 10 nitrogen and oxygen atoms in total. The molecule has 2 aromatic carbocycles. The van der Waals surface area contributed by atoms with Gasteiger partial charge in [-0.25, -0.2) is 14.8 Å². The Hall–Kier alpha value is -4.99. The number of amides is 2. The van der Waals surface area contributed by atoms with Crippen molar-refractivity contribution in [2.24, 2.45) is 5.92 Å². The van der Waals surface area contributed by atoms with Crippen LogP contribution >= 0.6 is 0 Å². The van der Waals surface area contributed by atoms with Crippen molar-refractivity contribution in [3.8, 4) is 28.3 Å². The average molecular weight is 669 g/mol. The molecule has 1 unspecified atom stereocenters. The zero-order chi connectivity index (χ0) is 35.0. The number of esters is 1. The Morgan fingerprint density at radius 1 is 0.939 bits per heavy atom. The monoisotopic (exact) mass is 668 g/mol. The van der Waals surface area contributed by atoms with Gasteiger partial charge in [-0.15, -0.1) is 0 Å². The Bertz CT molecular complexity index is 1560. The smallest absolute Gasteiger partial charge is 0.408 e. The predicted molar refractivity (Wildman–Crippen MR) is 190 cm³/mol. The van der Waals surface area contributed by atoms with Crippen molar-refractivity contribution in [3.05, 3.63) is 90.3 Å². The number of hydrogen-bond donors (Lipinski definition) is 1. The van der Waals surface area contributed by atoms with Crippen molar-refractivity contribution in [1.82, 2.24) is 20.2 Å². The summed E-state index contributed by atoms with van der Waals surface area (Å²) in [5.41, 5.74) is 4.41. The van der Waals surface area contributed by atoms with E-state index in [0.29, 0.717) is 5.82 Å². The number of nitrogens with one attached hydrogen (secondary N) is 1. The van der Waals surface area contributed by atoms with Gasteiger partial charge >= 0.3 is 12.1 Å². The number of methoxy groups -OCH3 is 1. The topological polar surface area (TPSA) is 120 Å². The van der Waals surface area contributed by atoms with E-state index in [1.807, 2.05) is 80.6 Å². The zero-order valence-electron chi connectivity index (χ0n) is 29.0. The predicted octanol–water partition coefficient (Wildman–Crippen LogP) is 6.95. The van der Waals surface area contributed by atoms with E-state index in [9.17, 15) is 14.4 Å². The second-order valence-electron chi connectivity index (χ2n) is 12.3. The molecule has 49 heavy (non-hydrogen) atoms. The van der Waals surface area contributed by atoms with Crippen LogP contribution < -0.4 is 10.1 Å². The van der Waals surface area contributed by atoms with Crippen molar-refractivity contribution < 1.29 is 28.6 Å². The van der Waals surface area contributed by atoms with Gasteiger partial charge in [0, 0.05) is 43.0 Å². The van der Waals surface area contributed by atoms with Crippen LogP contribution in [-0.2, 0) is 25.5 Å². The van der Waals surface area contributed by atoms with Crippen LogP contribution in [0.3, 0.4) is 0 Å². The summed E-state index contributed by atoms with van der Waals surface area (Å²) in [6.45, 7) is 7.28. The molecule has 1 saturated heterocycles. The van der Waals surface area contributed by atoms with E-state index in [1.165, 1.54) is 32.8 Å². The van der Waals surface area contributed by atoms with Gasteiger partial charge in [-0.3, -0.25) is 9.59 Å². The minimum atomic E-state index is -0.880. The first-order valence-corrected chi connectivity index (χ1v) is 17.0. The number of ether oxygens (including phenoxy) is 3. The molecule has 3 aromatic rings. The Morgan fingerprint density at radius 3 is 2.27 bits per heavy atom. The molecule has 10 heteroatoms. The Kier molecular flexibility index (Phi) is 14.4. The normalized spacial score (nSPS) is 13.9. The first-order valence-electron chi connectivity index (χ1n) is 17.0. The van der Waals surface area contributed by atoms with E-state index in [0.717, 1.165) is 46.6 Å². The van der Waals surface area contributed by atoms with E-state index >= 15 is 0 Å². The van der Waals surface area contributed by atoms with Gasteiger partial charge in [0.15, 0.2) is 5.82 Å². The number of alkyl carbamates (subject to hydrolysis) is 1. The largest absolute Gasteiger partial charge is 0.494 e. The maximum Gasteiger partial charge on any atom is 0.408 e. The number of likely N-dealkylation sites (tertiary alicyclic amines) is 1. The number of carbonyl (C=O) groups excluding carboxylic acids is 3. The second-order valence-corrected chi connectivity index (χ2v) is 12.3. The summed E-state index contributed by atoms with van der Waals surface area (Å²) < 4.78 is 16.0. The number of aromatic nitrogens is 2. The lowest BCUT2D eigenvalue weighted by molar-refractivity contribution is -0.156. The number of hydrogen-bond acceptors (Lipinski definition) is 8. The van der Waals surface area contributed by atoms with Crippen LogP contribution in [0.4, 0.5) is 4.79 Å². The van der Waals surface area contributed by atoms with Crippen LogP contribution in [0.25, 0.3) is 22.5 Å². The van der Waals surface area contributed by atoms with Gasteiger partial charge in [-0.05, 0) is 49.1 Å². The number of carbonyl (C=O) groups is 3. The zero-order valence-corrected chi connectivity index (χ0v) is 29.0. The minimum Gasteiger partial charge on any atom is -0.494 e. The molecule has 1 fully saturated rings. The molecule has 2 heterocycles. The van der Waals surface area contributed by atoms with E-state index < -0.39 is 12.1 Å². The van der Waals surface area contributed by atoms with Crippen molar-refractivity contribution >= 4 is 18.0 Å². The maximum absolute atomic E-state index is 13.4. The minimum absolute atomic E-state index is 0.0949. The summed E-state index contributed by atoms with van der Waals surface area (Å²) >= 11 is 0. The van der Waals surface area contributed by atoms with Gasteiger partial charge in [0.1, 0.15) is 18.4 Å². The Balaban J connectivity index is 1.36. The molecule has 1 N–H and O–H groups in total. The molecule has 1 aromatic heterocycles. The lowest BCUT2D eigenvalue weighted by Gasteiger charge is -2.39. The molecule has 0 bridgehead atoms. The van der Waals surface area contributed by atoms with Crippen LogP contribution in [0.15, 0.2) is 84.7 Å². The number of rotatable bonds is 17. The van der Waals surface area contributed by atoms with Crippen molar-refractivity contribution in [2.75, 3.05) is 33.4 Å². The van der Waals surface area contributed by atoms with Crippen LogP contribution in [0.1, 0.15) is 58.4 Å². The third-order valence-electron chi connectivity index (χ3n) is 8.33. The first-order chi connectivity index (χ1) is 23.8. The summed E-state index contributed by atoms with van der Waals surface area (Å²) in [6, 6.07) is 14.7. The molecule has 260 valence electrons. The fourth-order valence-corrected chi connectivity index (χ4v) is 5.36. The van der Waals surface area contributed by atoms with E-state index in [-0.39, 0.29) is 43.9 Å². The van der Waals surface area contributed by atoms with Crippen LogP contribution in [0.5, 0.6) is 5.75 Å². The van der Waals surface area contributed by atoms with Gasteiger partial charge in [-0.1, -0.05) is 87.2 Å². The SMILES string of the molecule is C/C=C\C=C(/C)COC(=O)NC(Cc1ccc(-c2ncc(-c3ccc(OCCCCCCC)cc3)cn2)cc1)C(=O)N1CC(C(=O)OC)C1. The summed E-state index contributed by atoms with van der Waals surface area (Å²) in [6.07, 6.45) is 14.8. The van der Waals surface area contributed by atoms with E-state index in [2.05, 4.69) is 22.2 Å². The molecular weight excluding hydrogens is 620 g/mol.